The zero-order valence-corrected chi connectivity index (χ0v) is 16.8. The number of nitrogens with zero attached hydrogens (tertiary/aromatic N) is 3. The molecule has 11 heteroatoms. The first-order chi connectivity index (χ1) is 12.1. The Morgan fingerprint density at radius 3 is 2.73 bits per heavy atom. The lowest BCUT2D eigenvalue weighted by molar-refractivity contribution is 0.0701. The molecular weight excluding hydrogens is 402 g/mol. The van der Waals surface area contributed by atoms with Crippen LogP contribution in [0.25, 0.3) is 10.2 Å². The summed E-state index contributed by atoms with van der Waals surface area (Å²) < 4.78 is 30.1. The van der Waals surface area contributed by atoms with Crippen molar-refractivity contribution in [2.45, 2.75) is 25.1 Å². The minimum Gasteiger partial charge on any atom is -0.477 e. The molecule has 3 rings (SSSR count). The van der Waals surface area contributed by atoms with Gasteiger partial charge in [0.15, 0.2) is 15.7 Å². The predicted octanol–water partition coefficient (Wildman–Crippen LogP) is 2.37. The first-order valence-electron chi connectivity index (χ1n) is 7.87. The molecule has 142 valence electrons. The minimum absolute atomic E-state index is 0.0177. The van der Waals surface area contributed by atoms with E-state index in [2.05, 4.69) is 9.97 Å². The van der Waals surface area contributed by atoms with E-state index in [1.807, 2.05) is 11.8 Å². The topological polar surface area (TPSA) is 110 Å². The number of halogens is 1. The van der Waals surface area contributed by atoms with Crippen molar-refractivity contribution in [1.29, 1.82) is 0 Å². The van der Waals surface area contributed by atoms with E-state index in [1.54, 1.807) is 0 Å². The summed E-state index contributed by atoms with van der Waals surface area (Å²) in [4.78, 5) is 22.2. The van der Waals surface area contributed by atoms with Crippen molar-refractivity contribution in [2.24, 2.45) is 0 Å². The summed E-state index contributed by atoms with van der Waals surface area (Å²) in [6, 6.07) is 0.0177. The third kappa shape index (κ3) is 3.38. The summed E-state index contributed by atoms with van der Waals surface area (Å²) >= 11 is 7.08. The number of anilines is 1. The van der Waals surface area contributed by atoms with E-state index in [-0.39, 0.29) is 27.3 Å². The van der Waals surface area contributed by atoms with E-state index in [9.17, 15) is 18.3 Å². The fourth-order valence-corrected chi connectivity index (χ4v) is 5.02. The predicted molar refractivity (Wildman–Crippen MR) is 100 cm³/mol. The lowest BCUT2D eigenvalue weighted by Gasteiger charge is -2.34. The van der Waals surface area contributed by atoms with Crippen LogP contribution in [0.4, 0.5) is 5.82 Å². The molecule has 8 nitrogen and oxygen atoms in total. The van der Waals surface area contributed by atoms with Crippen LogP contribution in [-0.4, -0.2) is 61.5 Å². The molecule has 2 aromatic heterocycles. The molecular formula is C15H18ClN3O5S2. The number of carboxylic acid groups (broad SMARTS) is 1. The van der Waals surface area contributed by atoms with E-state index in [0.717, 1.165) is 17.6 Å². The largest absolute Gasteiger partial charge is 0.477 e. The lowest BCUT2D eigenvalue weighted by Crippen LogP contribution is -2.44. The van der Waals surface area contributed by atoms with Crippen LogP contribution in [0, 0.1) is 0 Å². The van der Waals surface area contributed by atoms with E-state index in [4.69, 9.17) is 16.3 Å². The number of carboxylic acids is 1. The zero-order chi connectivity index (χ0) is 19.2. The summed E-state index contributed by atoms with van der Waals surface area (Å²) in [5.74, 6) is -0.689. The summed E-state index contributed by atoms with van der Waals surface area (Å²) in [6.07, 6.45) is 1.07. The van der Waals surface area contributed by atoms with Gasteiger partial charge in [-0.15, -0.1) is 11.3 Å². The standard InChI is InChI=1S/C15H18ClN3O5S2/c1-7-6-24-5-4-19(7)13-12-10(17-15(16)18-13)9(8(2)26(3,22)23)11(25-12)14(20)21/h7-8H,4-6H2,1-3H3,(H,20,21)/t7-,8?/m1/s1. The molecule has 0 aliphatic carbocycles. The number of hydrogen-bond donors (Lipinski definition) is 1. The van der Waals surface area contributed by atoms with E-state index in [1.165, 1.54) is 6.92 Å². The second-order valence-corrected chi connectivity index (χ2v) is 9.96. The number of fused-ring (bicyclic) bond motifs is 1. The zero-order valence-electron chi connectivity index (χ0n) is 14.4. The Balaban J connectivity index is 2.32. The van der Waals surface area contributed by atoms with Crippen molar-refractivity contribution in [3.8, 4) is 0 Å². The van der Waals surface area contributed by atoms with Crippen LogP contribution in [0.15, 0.2) is 0 Å². The van der Waals surface area contributed by atoms with Gasteiger partial charge in [-0.3, -0.25) is 0 Å². The number of rotatable bonds is 4. The average Bonchev–Trinajstić information content (AvgIpc) is 2.92. The monoisotopic (exact) mass is 419 g/mol. The minimum atomic E-state index is -3.53. The maximum atomic E-state index is 12.1. The summed E-state index contributed by atoms with van der Waals surface area (Å²) in [6.45, 7) is 5.01. The third-order valence-corrected chi connectivity index (χ3v) is 7.27. The first-order valence-corrected chi connectivity index (χ1v) is 11.0. The highest BCUT2D eigenvalue weighted by Gasteiger charge is 2.32. The van der Waals surface area contributed by atoms with Crippen molar-refractivity contribution in [3.63, 3.8) is 0 Å². The van der Waals surface area contributed by atoms with Gasteiger partial charge in [0.25, 0.3) is 0 Å². The number of hydrogen-bond acceptors (Lipinski definition) is 8. The second-order valence-electron chi connectivity index (χ2n) is 6.23. The molecule has 0 radical (unpaired) electrons. The summed E-state index contributed by atoms with van der Waals surface area (Å²) in [5, 5.41) is 8.53. The van der Waals surface area contributed by atoms with Crippen LogP contribution in [0.3, 0.4) is 0 Å². The SMILES string of the molecule is CC(c1c(C(=O)O)sc2c(N3CCOC[C@H]3C)nc(Cl)nc12)S(C)(=O)=O. The van der Waals surface area contributed by atoms with E-state index >= 15 is 0 Å². The van der Waals surface area contributed by atoms with Crippen LogP contribution in [0.1, 0.15) is 34.3 Å². The lowest BCUT2D eigenvalue weighted by atomic mass is 10.1. The molecule has 2 aromatic rings. The molecule has 1 fully saturated rings. The number of aromatic carboxylic acids is 1. The van der Waals surface area contributed by atoms with E-state index < -0.39 is 21.1 Å². The molecule has 1 aliphatic heterocycles. The highest BCUT2D eigenvalue weighted by molar-refractivity contribution is 7.90. The first kappa shape index (κ1) is 19.3. The van der Waals surface area contributed by atoms with Crippen molar-refractivity contribution >= 4 is 54.8 Å². The molecule has 3 heterocycles. The van der Waals surface area contributed by atoms with Crippen LogP contribution in [0.2, 0.25) is 5.28 Å². The van der Waals surface area contributed by atoms with Crippen molar-refractivity contribution in [2.75, 3.05) is 30.9 Å². The fourth-order valence-electron chi connectivity index (χ4n) is 2.94. The Bertz CT molecular complexity index is 975. The second kappa shape index (κ2) is 6.91. The van der Waals surface area contributed by atoms with Crippen LogP contribution < -0.4 is 4.90 Å². The molecule has 0 aromatic carbocycles. The highest BCUT2D eigenvalue weighted by atomic mass is 35.5. The quantitative estimate of drug-likeness (QED) is 0.752. The molecule has 0 bridgehead atoms. The number of carbonyl (C=O) groups is 1. The van der Waals surface area contributed by atoms with Crippen LogP contribution >= 0.6 is 22.9 Å². The maximum absolute atomic E-state index is 12.1. The number of ether oxygens (including phenoxy) is 1. The maximum Gasteiger partial charge on any atom is 0.346 e. The van der Waals surface area contributed by atoms with Crippen molar-refractivity contribution < 1.29 is 23.1 Å². The van der Waals surface area contributed by atoms with Gasteiger partial charge in [0, 0.05) is 18.4 Å². The van der Waals surface area contributed by atoms with Crippen LogP contribution in [-0.2, 0) is 14.6 Å². The van der Waals surface area contributed by atoms with Gasteiger partial charge in [0.2, 0.25) is 5.28 Å². The summed E-state index contributed by atoms with van der Waals surface area (Å²) in [5.41, 5.74) is 0.436. The molecule has 0 saturated carbocycles. The Morgan fingerprint density at radius 1 is 1.46 bits per heavy atom. The highest BCUT2D eigenvalue weighted by Crippen LogP contribution is 2.42. The third-order valence-electron chi connectivity index (χ3n) is 4.41. The van der Waals surface area contributed by atoms with Gasteiger partial charge < -0.3 is 14.7 Å². The van der Waals surface area contributed by atoms with E-state index in [0.29, 0.717) is 30.3 Å². The van der Waals surface area contributed by atoms with Crippen molar-refractivity contribution in [3.05, 3.63) is 15.7 Å². The number of aromatic nitrogens is 2. The molecule has 0 spiro atoms. The fraction of sp³-hybridized carbons (Fsp3) is 0.533. The summed E-state index contributed by atoms with van der Waals surface area (Å²) in [7, 11) is -3.53. The normalized spacial score (nSPS) is 19.7. The number of morpholine rings is 1. The number of thiophene rings is 1. The van der Waals surface area contributed by atoms with Gasteiger partial charge in [-0.25, -0.2) is 18.2 Å². The Hall–Kier alpha value is -1.49. The molecule has 0 amide bonds. The molecule has 1 saturated heterocycles. The molecule has 1 aliphatic rings. The molecule has 26 heavy (non-hydrogen) atoms. The Morgan fingerprint density at radius 2 is 2.15 bits per heavy atom. The Kier molecular flexibility index (Phi) is 5.13. The van der Waals surface area contributed by atoms with Gasteiger partial charge in [0.1, 0.15) is 4.88 Å². The van der Waals surface area contributed by atoms with Crippen molar-refractivity contribution in [1.82, 2.24) is 9.97 Å². The number of sulfone groups is 1. The van der Waals surface area contributed by atoms with Gasteiger partial charge in [0.05, 0.1) is 34.7 Å². The Labute approximate surface area is 159 Å². The van der Waals surface area contributed by atoms with Gasteiger partial charge in [-0.2, -0.15) is 4.98 Å². The average molecular weight is 420 g/mol. The smallest absolute Gasteiger partial charge is 0.346 e. The van der Waals surface area contributed by atoms with Crippen LogP contribution in [0.5, 0.6) is 0 Å². The van der Waals surface area contributed by atoms with Gasteiger partial charge in [-0.1, -0.05) is 0 Å². The van der Waals surface area contributed by atoms with Gasteiger partial charge >= 0.3 is 5.97 Å². The molecule has 2 atom stereocenters. The molecule has 1 unspecified atom stereocenters. The van der Waals surface area contributed by atoms with Gasteiger partial charge in [-0.05, 0) is 25.4 Å². The molecule has 1 N–H and O–H groups in total.